The Balaban J connectivity index is 2.26. The second-order valence-electron chi connectivity index (χ2n) is 4.50. The number of pyridine rings is 1. The van der Waals surface area contributed by atoms with Gasteiger partial charge in [0.2, 0.25) is 0 Å². The highest BCUT2D eigenvalue weighted by atomic mass is 35.5. The van der Waals surface area contributed by atoms with Gasteiger partial charge in [0.25, 0.3) is 11.5 Å². The fourth-order valence-corrected chi connectivity index (χ4v) is 2.99. The van der Waals surface area contributed by atoms with Gasteiger partial charge in [0, 0.05) is 12.3 Å². The molecule has 0 bridgehead atoms. The van der Waals surface area contributed by atoms with E-state index in [1.165, 1.54) is 6.07 Å². The summed E-state index contributed by atoms with van der Waals surface area (Å²) in [7, 11) is 0. The van der Waals surface area contributed by atoms with E-state index >= 15 is 0 Å². The minimum Gasteiger partial charge on any atom is -0.393 e. The molecule has 0 radical (unpaired) electrons. The number of amides is 1. The normalized spacial score (nSPS) is 12.2. The number of nitrogens with one attached hydrogen (secondary N) is 1. The summed E-state index contributed by atoms with van der Waals surface area (Å²) in [6.07, 6.45) is -0.643. The Bertz CT molecular complexity index is 775. The molecule has 5 nitrogen and oxygen atoms in total. The average molecular weight is 383 g/mol. The van der Waals surface area contributed by atoms with Crippen molar-refractivity contribution in [2.24, 2.45) is 0 Å². The summed E-state index contributed by atoms with van der Waals surface area (Å²) in [5.41, 5.74) is -1.10. The van der Waals surface area contributed by atoms with E-state index in [0.29, 0.717) is 0 Å². The lowest BCUT2D eigenvalue weighted by Crippen LogP contribution is -2.28. The fraction of sp³-hybridized carbons (Fsp3) is 0.231. The van der Waals surface area contributed by atoms with E-state index in [1.54, 1.807) is 0 Å². The number of carbonyl (C=O) groups excluding carboxylic acids is 1. The molecule has 124 valence electrons. The SMILES string of the molecule is O=C(Nc1cc(F)c(=O)n(CC(F)CO)c1)c1cc(Cl)c(Cl)s1. The number of hydrogen-bond donors (Lipinski definition) is 2. The van der Waals surface area contributed by atoms with Gasteiger partial charge in [-0.05, 0) is 6.07 Å². The van der Waals surface area contributed by atoms with Gasteiger partial charge in [0.1, 0.15) is 10.5 Å². The first-order valence-electron chi connectivity index (χ1n) is 6.23. The number of aliphatic hydroxyl groups excluding tert-OH is 1. The van der Waals surface area contributed by atoms with E-state index in [0.717, 1.165) is 28.2 Å². The number of aromatic nitrogens is 1. The maximum absolute atomic E-state index is 13.6. The van der Waals surface area contributed by atoms with Crippen molar-refractivity contribution in [3.8, 4) is 0 Å². The third kappa shape index (κ3) is 4.29. The van der Waals surface area contributed by atoms with Crippen LogP contribution in [0.2, 0.25) is 9.36 Å². The van der Waals surface area contributed by atoms with Crippen molar-refractivity contribution in [3.63, 3.8) is 0 Å². The zero-order chi connectivity index (χ0) is 17.1. The Labute approximate surface area is 143 Å². The Morgan fingerprint density at radius 1 is 1.43 bits per heavy atom. The third-order valence-electron chi connectivity index (χ3n) is 2.76. The fourth-order valence-electron chi connectivity index (χ4n) is 1.73. The van der Waals surface area contributed by atoms with Crippen LogP contribution in [0.4, 0.5) is 14.5 Å². The first kappa shape index (κ1) is 17.9. The van der Waals surface area contributed by atoms with E-state index in [9.17, 15) is 18.4 Å². The molecular formula is C13H10Cl2F2N2O3S. The number of aliphatic hydroxyl groups is 1. The molecule has 2 rings (SSSR count). The van der Waals surface area contributed by atoms with Crippen LogP contribution in [0.25, 0.3) is 0 Å². The van der Waals surface area contributed by atoms with Crippen LogP contribution in [-0.2, 0) is 6.54 Å². The van der Waals surface area contributed by atoms with Crippen molar-refractivity contribution in [3.05, 3.63) is 48.7 Å². The van der Waals surface area contributed by atoms with Gasteiger partial charge < -0.3 is 15.0 Å². The second-order valence-corrected chi connectivity index (χ2v) is 6.56. The zero-order valence-corrected chi connectivity index (χ0v) is 13.7. The van der Waals surface area contributed by atoms with Gasteiger partial charge in [0.15, 0.2) is 5.82 Å². The van der Waals surface area contributed by atoms with Gasteiger partial charge in [0.05, 0.1) is 28.7 Å². The van der Waals surface area contributed by atoms with Crippen LogP contribution in [0, 0.1) is 5.82 Å². The summed E-state index contributed by atoms with van der Waals surface area (Å²) < 4.78 is 27.8. The minimum atomic E-state index is -1.73. The number of rotatable bonds is 5. The molecule has 2 aromatic heterocycles. The molecule has 10 heteroatoms. The molecule has 0 aliphatic carbocycles. The van der Waals surface area contributed by atoms with Gasteiger partial charge in [-0.15, -0.1) is 11.3 Å². The molecule has 0 saturated carbocycles. The molecule has 2 N–H and O–H groups in total. The Morgan fingerprint density at radius 2 is 2.13 bits per heavy atom. The maximum Gasteiger partial charge on any atom is 0.286 e. The Kier molecular flexibility index (Phi) is 5.74. The Hall–Kier alpha value is -1.48. The summed E-state index contributed by atoms with van der Waals surface area (Å²) in [5, 5.41) is 11.2. The molecular weight excluding hydrogens is 373 g/mol. The van der Waals surface area contributed by atoms with E-state index in [1.807, 2.05) is 0 Å². The van der Waals surface area contributed by atoms with Gasteiger partial charge in [-0.3, -0.25) is 9.59 Å². The number of anilines is 1. The molecule has 0 fully saturated rings. The number of hydrogen-bond acceptors (Lipinski definition) is 4. The molecule has 1 unspecified atom stereocenters. The van der Waals surface area contributed by atoms with Crippen LogP contribution in [0.1, 0.15) is 9.67 Å². The number of thiophene rings is 1. The highest BCUT2D eigenvalue weighted by molar-refractivity contribution is 7.18. The maximum atomic E-state index is 13.6. The van der Waals surface area contributed by atoms with Crippen LogP contribution < -0.4 is 10.9 Å². The number of alkyl halides is 1. The standard InChI is InChI=1S/C13H10Cl2F2N2O3S/c14-8-2-10(23-11(8)15)12(21)18-7-1-9(17)13(22)19(4-7)3-6(16)5-20/h1-2,4,6,20H,3,5H2,(H,18,21). The first-order chi connectivity index (χ1) is 10.8. The van der Waals surface area contributed by atoms with Crippen molar-refractivity contribution in [2.45, 2.75) is 12.7 Å². The molecule has 0 aromatic carbocycles. The van der Waals surface area contributed by atoms with Crippen molar-refractivity contribution in [1.82, 2.24) is 4.57 Å². The van der Waals surface area contributed by atoms with Crippen molar-refractivity contribution in [2.75, 3.05) is 11.9 Å². The Morgan fingerprint density at radius 3 is 2.70 bits per heavy atom. The number of halogens is 4. The number of carbonyl (C=O) groups is 1. The summed E-state index contributed by atoms with van der Waals surface area (Å²) in [6, 6.07) is 2.17. The van der Waals surface area contributed by atoms with E-state index < -0.39 is 36.6 Å². The quantitative estimate of drug-likeness (QED) is 0.834. The molecule has 0 saturated heterocycles. The molecule has 1 atom stereocenters. The molecule has 0 aliphatic rings. The molecule has 0 aliphatic heterocycles. The van der Waals surface area contributed by atoms with E-state index in [-0.39, 0.29) is 19.9 Å². The highest BCUT2D eigenvalue weighted by Crippen LogP contribution is 2.31. The molecule has 2 aromatic rings. The summed E-state index contributed by atoms with van der Waals surface area (Å²) in [6.45, 7) is -1.34. The largest absolute Gasteiger partial charge is 0.393 e. The second kappa shape index (κ2) is 7.39. The van der Waals surface area contributed by atoms with Gasteiger partial charge in [-0.25, -0.2) is 8.78 Å². The smallest absolute Gasteiger partial charge is 0.286 e. The van der Waals surface area contributed by atoms with Crippen LogP contribution in [0.15, 0.2) is 23.1 Å². The molecule has 1 amide bonds. The minimum absolute atomic E-state index is 0.0436. The van der Waals surface area contributed by atoms with Crippen LogP contribution in [0.5, 0.6) is 0 Å². The average Bonchev–Trinajstić information content (AvgIpc) is 2.83. The van der Waals surface area contributed by atoms with Crippen LogP contribution in [0.3, 0.4) is 0 Å². The highest BCUT2D eigenvalue weighted by Gasteiger charge is 2.15. The summed E-state index contributed by atoms with van der Waals surface area (Å²) >= 11 is 12.4. The van der Waals surface area contributed by atoms with Gasteiger partial charge in [-0.1, -0.05) is 23.2 Å². The van der Waals surface area contributed by atoms with Gasteiger partial charge in [-0.2, -0.15) is 0 Å². The lowest BCUT2D eigenvalue weighted by molar-refractivity contribution is 0.103. The van der Waals surface area contributed by atoms with Crippen molar-refractivity contribution >= 4 is 46.1 Å². The van der Waals surface area contributed by atoms with Crippen LogP contribution in [-0.4, -0.2) is 28.4 Å². The topological polar surface area (TPSA) is 71.3 Å². The molecule has 23 heavy (non-hydrogen) atoms. The molecule has 2 heterocycles. The van der Waals surface area contributed by atoms with Crippen LogP contribution >= 0.6 is 34.5 Å². The lowest BCUT2D eigenvalue weighted by atomic mass is 10.3. The monoisotopic (exact) mass is 382 g/mol. The predicted octanol–water partition coefficient (Wildman–Crippen LogP) is 2.94. The van der Waals surface area contributed by atoms with Gasteiger partial charge >= 0.3 is 0 Å². The van der Waals surface area contributed by atoms with E-state index in [4.69, 9.17) is 28.3 Å². The zero-order valence-electron chi connectivity index (χ0n) is 11.4. The number of nitrogens with zero attached hydrogens (tertiary/aromatic N) is 1. The third-order valence-corrected chi connectivity index (χ3v) is 4.63. The first-order valence-corrected chi connectivity index (χ1v) is 7.80. The predicted molar refractivity (Wildman–Crippen MR) is 84.9 cm³/mol. The lowest BCUT2D eigenvalue weighted by Gasteiger charge is -2.11. The summed E-state index contributed by atoms with van der Waals surface area (Å²) in [4.78, 5) is 23.8. The molecule has 0 spiro atoms. The van der Waals surface area contributed by atoms with Crippen molar-refractivity contribution < 1.29 is 18.7 Å². The van der Waals surface area contributed by atoms with E-state index in [2.05, 4.69) is 5.32 Å². The summed E-state index contributed by atoms with van der Waals surface area (Å²) in [5.74, 6) is -1.76. The van der Waals surface area contributed by atoms with Crippen molar-refractivity contribution in [1.29, 1.82) is 0 Å².